The first kappa shape index (κ1) is 9.67. The van der Waals surface area contributed by atoms with Gasteiger partial charge in [0.05, 0.1) is 0 Å². The van der Waals surface area contributed by atoms with E-state index in [1.54, 1.807) is 0 Å². The van der Waals surface area contributed by atoms with Gasteiger partial charge in [0.25, 0.3) is 0 Å². The number of halogens is 1. The highest BCUT2D eigenvalue weighted by Crippen LogP contribution is 2.26. The fourth-order valence-electron chi connectivity index (χ4n) is 2.06. The molecule has 2 aromatic heterocycles. The molecule has 2 nitrogen and oxygen atoms in total. The molecule has 0 unspecified atom stereocenters. The van der Waals surface area contributed by atoms with Crippen LogP contribution in [-0.2, 0) is 6.54 Å². The third-order valence-corrected chi connectivity index (χ3v) is 3.16. The van der Waals surface area contributed by atoms with Crippen LogP contribution in [0.2, 0.25) is 5.02 Å². The molecule has 3 heteroatoms. The summed E-state index contributed by atoms with van der Waals surface area (Å²) in [6, 6.07) is 8.07. The minimum Gasteiger partial charge on any atom is -0.350 e. The van der Waals surface area contributed by atoms with Crippen molar-refractivity contribution in [3.05, 3.63) is 41.7 Å². The van der Waals surface area contributed by atoms with Crippen molar-refractivity contribution in [2.75, 3.05) is 0 Å². The molecule has 1 N–H and O–H groups in total. The Labute approximate surface area is 98.5 Å². The molecule has 0 bridgehead atoms. The van der Waals surface area contributed by atoms with E-state index in [4.69, 9.17) is 11.6 Å². The van der Waals surface area contributed by atoms with Gasteiger partial charge in [-0.15, -0.1) is 0 Å². The van der Waals surface area contributed by atoms with E-state index in [-0.39, 0.29) is 0 Å². The summed E-state index contributed by atoms with van der Waals surface area (Å²) in [6.45, 7) is 3.11. The highest BCUT2D eigenvalue weighted by molar-refractivity contribution is 6.31. The largest absolute Gasteiger partial charge is 0.350 e. The lowest BCUT2D eigenvalue weighted by atomic mass is 10.2. The van der Waals surface area contributed by atoms with Crippen LogP contribution in [-0.4, -0.2) is 4.98 Å². The Bertz CT molecular complexity index is 670. The van der Waals surface area contributed by atoms with Crippen LogP contribution in [0.3, 0.4) is 0 Å². The van der Waals surface area contributed by atoms with Crippen molar-refractivity contribution >= 4 is 33.4 Å². The maximum atomic E-state index is 6.02. The zero-order valence-electron chi connectivity index (χ0n) is 9.00. The fraction of sp³-hybridized carbons (Fsp3) is 0.154. The minimum atomic E-state index is 0.778. The summed E-state index contributed by atoms with van der Waals surface area (Å²) in [5, 5.41) is 3.19. The number of aromatic amines is 1. The molecule has 2 heterocycles. The predicted octanol–water partition coefficient (Wildman–Crippen LogP) is 3.28. The second kappa shape index (κ2) is 3.49. The predicted molar refractivity (Wildman–Crippen MR) is 66.7 cm³/mol. The number of hydrogen-bond donors (Lipinski definition) is 1. The zero-order valence-corrected chi connectivity index (χ0v) is 9.75. The molecule has 0 amide bonds. The first-order valence-corrected chi connectivity index (χ1v) is 5.76. The molecule has 0 spiro atoms. The van der Waals surface area contributed by atoms with E-state index in [2.05, 4.69) is 34.9 Å². The van der Waals surface area contributed by atoms with E-state index in [1.165, 1.54) is 10.8 Å². The van der Waals surface area contributed by atoms with Gasteiger partial charge in [0.2, 0.25) is 0 Å². The molecule has 0 aliphatic heterocycles. The van der Waals surface area contributed by atoms with Gasteiger partial charge in [0.1, 0.15) is 12.1 Å². The lowest BCUT2D eigenvalue weighted by molar-refractivity contribution is -0.692. The van der Waals surface area contributed by atoms with Gasteiger partial charge in [-0.3, -0.25) is 0 Å². The van der Waals surface area contributed by atoms with Crippen LogP contribution in [0, 0.1) is 0 Å². The molecule has 3 rings (SSSR count). The van der Waals surface area contributed by atoms with Crippen LogP contribution in [0.5, 0.6) is 0 Å². The van der Waals surface area contributed by atoms with Gasteiger partial charge in [-0.2, -0.15) is 0 Å². The molecule has 0 saturated carbocycles. The first-order chi connectivity index (χ1) is 7.78. The average Bonchev–Trinajstić information content (AvgIpc) is 2.66. The van der Waals surface area contributed by atoms with Crippen molar-refractivity contribution in [2.45, 2.75) is 13.5 Å². The number of aryl methyl sites for hydroxylation is 1. The fourth-order valence-corrected chi connectivity index (χ4v) is 2.24. The lowest BCUT2D eigenvalue weighted by Crippen LogP contribution is -2.30. The van der Waals surface area contributed by atoms with Gasteiger partial charge < -0.3 is 4.98 Å². The molecular weight excluding hydrogens is 220 g/mol. The molecular formula is C13H12ClN2+. The molecule has 80 valence electrons. The zero-order chi connectivity index (χ0) is 11.1. The highest BCUT2D eigenvalue weighted by Gasteiger charge is 2.08. The third kappa shape index (κ3) is 1.38. The Balaban J connectivity index is 2.41. The molecule has 3 aromatic rings. The van der Waals surface area contributed by atoms with E-state index in [9.17, 15) is 0 Å². The number of rotatable bonds is 1. The van der Waals surface area contributed by atoms with Crippen molar-refractivity contribution in [1.82, 2.24) is 4.98 Å². The standard InChI is InChI=1S/C13H11ClN2/c1-2-16-6-5-10-11-7-9(14)3-4-12(11)15-13(10)8-16/h3-8H,2H2,1H3/p+1. The SMILES string of the molecule is CC[n+]1ccc2c(c1)[nH]c1ccc(Cl)cc12. The quantitative estimate of drug-likeness (QED) is 0.621. The van der Waals surface area contributed by atoms with E-state index in [1.807, 2.05) is 18.2 Å². The van der Waals surface area contributed by atoms with Gasteiger partial charge in [0.15, 0.2) is 12.4 Å². The van der Waals surface area contributed by atoms with Gasteiger partial charge in [-0.1, -0.05) is 11.6 Å². The molecule has 0 saturated heterocycles. The molecule has 0 atom stereocenters. The number of benzene rings is 1. The van der Waals surface area contributed by atoms with Crippen molar-refractivity contribution < 1.29 is 4.57 Å². The molecule has 0 fully saturated rings. The summed E-state index contributed by atoms with van der Waals surface area (Å²) in [6.07, 6.45) is 4.22. The van der Waals surface area contributed by atoms with Crippen LogP contribution in [0.1, 0.15) is 6.92 Å². The molecule has 0 aliphatic carbocycles. The van der Waals surface area contributed by atoms with Crippen molar-refractivity contribution in [3.63, 3.8) is 0 Å². The Morgan fingerprint density at radius 2 is 2.06 bits per heavy atom. The van der Waals surface area contributed by atoms with E-state index in [0.29, 0.717) is 0 Å². The number of nitrogens with one attached hydrogen (secondary N) is 1. The molecule has 1 aromatic carbocycles. The second-order valence-corrected chi connectivity index (χ2v) is 4.35. The van der Waals surface area contributed by atoms with Gasteiger partial charge in [-0.05, 0) is 25.1 Å². The summed E-state index contributed by atoms with van der Waals surface area (Å²) >= 11 is 6.02. The van der Waals surface area contributed by atoms with Crippen molar-refractivity contribution in [3.8, 4) is 0 Å². The summed E-state index contributed by atoms with van der Waals surface area (Å²) < 4.78 is 2.15. The summed E-state index contributed by atoms with van der Waals surface area (Å²) in [4.78, 5) is 3.40. The summed E-state index contributed by atoms with van der Waals surface area (Å²) in [5.74, 6) is 0. The number of pyridine rings is 1. The van der Waals surface area contributed by atoms with Gasteiger partial charge in [-0.25, -0.2) is 4.57 Å². The Hall–Kier alpha value is -1.54. The van der Waals surface area contributed by atoms with Crippen LogP contribution in [0.15, 0.2) is 36.7 Å². The van der Waals surface area contributed by atoms with Crippen LogP contribution in [0.4, 0.5) is 0 Å². The summed E-state index contributed by atoms with van der Waals surface area (Å²) in [7, 11) is 0. The molecule has 0 radical (unpaired) electrons. The third-order valence-electron chi connectivity index (χ3n) is 2.92. The highest BCUT2D eigenvalue weighted by atomic mass is 35.5. The van der Waals surface area contributed by atoms with Gasteiger partial charge in [0, 0.05) is 27.4 Å². The number of hydrogen-bond acceptors (Lipinski definition) is 0. The van der Waals surface area contributed by atoms with Crippen molar-refractivity contribution in [1.29, 1.82) is 0 Å². The average molecular weight is 232 g/mol. The Morgan fingerprint density at radius 3 is 2.88 bits per heavy atom. The topological polar surface area (TPSA) is 19.7 Å². The van der Waals surface area contributed by atoms with Crippen LogP contribution >= 0.6 is 11.6 Å². The summed E-state index contributed by atoms with van der Waals surface area (Å²) in [5.41, 5.74) is 2.29. The number of H-pyrrole nitrogens is 1. The van der Waals surface area contributed by atoms with Crippen LogP contribution in [0.25, 0.3) is 21.8 Å². The van der Waals surface area contributed by atoms with Crippen molar-refractivity contribution in [2.24, 2.45) is 0 Å². The normalized spacial score (nSPS) is 11.4. The Kier molecular flexibility index (Phi) is 2.11. The van der Waals surface area contributed by atoms with E-state index >= 15 is 0 Å². The number of fused-ring (bicyclic) bond motifs is 3. The molecule has 16 heavy (non-hydrogen) atoms. The van der Waals surface area contributed by atoms with Crippen LogP contribution < -0.4 is 4.57 Å². The second-order valence-electron chi connectivity index (χ2n) is 3.92. The van der Waals surface area contributed by atoms with E-state index in [0.717, 1.165) is 22.6 Å². The smallest absolute Gasteiger partial charge is 0.193 e. The maximum absolute atomic E-state index is 6.02. The minimum absolute atomic E-state index is 0.778. The van der Waals surface area contributed by atoms with E-state index < -0.39 is 0 Å². The Morgan fingerprint density at radius 1 is 1.19 bits per heavy atom. The first-order valence-electron chi connectivity index (χ1n) is 5.38. The van der Waals surface area contributed by atoms with Gasteiger partial charge >= 0.3 is 0 Å². The monoisotopic (exact) mass is 231 g/mol. The lowest BCUT2D eigenvalue weighted by Gasteiger charge is -1.92. The number of nitrogens with zero attached hydrogens (tertiary/aromatic N) is 1. The number of aromatic nitrogens is 2. The molecule has 0 aliphatic rings. The maximum Gasteiger partial charge on any atom is 0.193 e.